The van der Waals surface area contributed by atoms with Crippen LogP contribution in [0.4, 0.5) is 0 Å². The predicted octanol–water partition coefficient (Wildman–Crippen LogP) is 3.61. The van der Waals surface area contributed by atoms with Crippen LogP contribution in [0.3, 0.4) is 0 Å². The SMILES string of the molecule is COc1cccc2c3c(c(C)nc12)C(O)c1ccccc1-3. The third-order valence-electron chi connectivity index (χ3n) is 4.23. The summed E-state index contributed by atoms with van der Waals surface area (Å²) in [4.78, 5) is 4.67. The maximum Gasteiger partial charge on any atom is 0.145 e. The first-order valence-corrected chi connectivity index (χ1v) is 6.97. The average molecular weight is 277 g/mol. The van der Waals surface area contributed by atoms with Gasteiger partial charge in [0.2, 0.25) is 0 Å². The van der Waals surface area contributed by atoms with Crippen LogP contribution < -0.4 is 4.74 Å². The molecular formula is C18H15NO2. The Balaban J connectivity index is 2.20. The molecule has 1 heterocycles. The summed E-state index contributed by atoms with van der Waals surface area (Å²) in [5.74, 6) is 0.761. The van der Waals surface area contributed by atoms with E-state index in [1.807, 2.05) is 43.3 Å². The van der Waals surface area contributed by atoms with Crippen LogP contribution in [0.1, 0.15) is 22.9 Å². The molecule has 0 amide bonds. The lowest BCUT2D eigenvalue weighted by atomic mass is 9.99. The van der Waals surface area contributed by atoms with Crippen LogP contribution in [0.15, 0.2) is 42.5 Å². The number of nitrogens with zero attached hydrogens (tertiary/aromatic N) is 1. The normalized spacial score (nSPS) is 15.9. The van der Waals surface area contributed by atoms with E-state index in [0.29, 0.717) is 0 Å². The zero-order chi connectivity index (χ0) is 14.6. The van der Waals surface area contributed by atoms with E-state index in [4.69, 9.17) is 4.74 Å². The Kier molecular flexibility index (Phi) is 2.53. The van der Waals surface area contributed by atoms with E-state index in [2.05, 4.69) is 11.1 Å². The van der Waals surface area contributed by atoms with Gasteiger partial charge < -0.3 is 9.84 Å². The Morgan fingerprint density at radius 2 is 1.90 bits per heavy atom. The highest BCUT2D eigenvalue weighted by atomic mass is 16.5. The molecule has 0 fully saturated rings. The molecule has 1 aliphatic carbocycles. The highest BCUT2D eigenvalue weighted by Crippen LogP contribution is 2.48. The van der Waals surface area contributed by atoms with Crippen molar-refractivity contribution in [3.63, 3.8) is 0 Å². The second-order valence-electron chi connectivity index (χ2n) is 5.33. The molecule has 4 rings (SSSR count). The summed E-state index contributed by atoms with van der Waals surface area (Å²) in [5, 5.41) is 11.7. The maximum absolute atomic E-state index is 10.6. The van der Waals surface area contributed by atoms with Crippen molar-refractivity contribution < 1.29 is 9.84 Å². The number of benzene rings is 2. The predicted molar refractivity (Wildman–Crippen MR) is 82.5 cm³/mol. The summed E-state index contributed by atoms with van der Waals surface area (Å²) in [7, 11) is 1.65. The van der Waals surface area contributed by atoms with E-state index < -0.39 is 6.10 Å². The largest absolute Gasteiger partial charge is 0.494 e. The van der Waals surface area contributed by atoms with Crippen molar-refractivity contribution in [1.29, 1.82) is 0 Å². The topological polar surface area (TPSA) is 42.4 Å². The number of hydrogen-bond donors (Lipinski definition) is 1. The summed E-state index contributed by atoms with van der Waals surface area (Å²) in [6, 6.07) is 13.9. The Morgan fingerprint density at radius 3 is 2.71 bits per heavy atom. The fourth-order valence-electron chi connectivity index (χ4n) is 3.30. The number of hydrogen-bond acceptors (Lipinski definition) is 3. The highest BCUT2D eigenvalue weighted by molar-refractivity contribution is 6.02. The Hall–Kier alpha value is -2.39. The van der Waals surface area contributed by atoms with Crippen LogP contribution in [0, 0.1) is 6.92 Å². The number of rotatable bonds is 1. The average Bonchev–Trinajstić information content (AvgIpc) is 2.82. The molecule has 0 radical (unpaired) electrons. The Labute approximate surface area is 122 Å². The van der Waals surface area contributed by atoms with Gasteiger partial charge in [-0.05, 0) is 29.7 Å². The molecular weight excluding hydrogens is 262 g/mol. The molecule has 0 aliphatic heterocycles. The van der Waals surface area contributed by atoms with Crippen molar-refractivity contribution in [2.24, 2.45) is 0 Å². The van der Waals surface area contributed by atoms with Crippen molar-refractivity contribution in [2.45, 2.75) is 13.0 Å². The summed E-state index contributed by atoms with van der Waals surface area (Å²) in [6.07, 6.45) is -0.598. The number of para-hydroxylation sites is 1. The minimum absolute atomic E-state index is 0.598. The van der Waals surface area contributed by atoms with Gasteiger partial charge in [0, 0.05) is 16.6 Å². The molecule has 3 aromatic rings. The molecule has 1 atom stereocenters. The van der Waals surface area contributed by atoms with Gasteiger partial charge in [-0.15, -0.1) is 0 Å². The first kappa shape index (κ1) is 12.4. The van der Waals surface area contributed by atoms with E-state index in [0.717, 1.165) is 44.6 Å². The number of ether oxygens (including phenoxy) is 1. The van der Waals surface area contributed by atoms with Gasteiger partial charge in [0.15, 0.2) is 0 Å². The summed E-state index contributed by atoms with van der Waals surface area (Å²) < 4.78 is 5.43. The molecule has 1 aromatic heterocycles. The van der Waals surface area contributed by atoms with Crippen LogP contribution in [0.2, 0.25) is 0 Å². The fourth-order valence-corrected chi connectivity index (χ4v) is 3.30. The van der Waals surface area contributed by atoms with Crippen molar-refractivity contribution in [3.8, 4) is 16.9 Å². The quantitative estimate of drug-likeness (QED) is 0.738. The number of aliphatic hydroxyl groups is 1. The lowest BCUT2D eigenvalue weighted by Crippen LogP contribution is -2.00. The number of aryl methyl sites for hydroxylation is 1. The Bertz CT molecular complexity index is 870. The lowest BCUT2D eigenvalue weighted by Gasteiger charge is -2.13. The standard InChI is InChI=1S/C18H15NO2/c1-10-15-16(11-6-3-4-7-12(11)18(15)20)13-8-5-9-14(21-2)17(13)19-10/h3-9,18,20H,1-2H3. The minimum Gasteiger partial charge on any atom is -0.494 e. The van der Waals surface area contributed by atoms with Crippen LogP contribution >= 0.6 is 0 Å². The number of aliphatic hydroxyl groups excluding tert-OH is 1. The fraction of sp³-hybridized carbons (Fsp3) is 0.167. The molecule has 0 bridgehead atoms. The summed E-state index contributed by atoms with van der Waals surface area (Å²) >= 11 is 0. The van der Waals surface area contributed by atoms with Gasteiger partial charge in [0.1, 0.15) is 17.4 Å². The minimum atomic E-state index is -0.598. The van der Waals surface area contributed by atoms with E-state index >= 15 is 0 Å². The molecule has 3 heteroatoms. The number of pyridine rings is 1. The number of aromatic nitrogens is 1. The molecule has 1 N–H and O–H groups in total. The first-order valence-electron chi connectivity index (χ1n) is 6.97. The molecule has 2 aromatic carbocycles. The smallest absolute Gasteiger partial charge is 0.145 e. The van der Waals surface area contributed by atoms with Gasteiger partial charge in [0.25, 0.3) is 0 Å². The van der Waals surface area contributed by atoms with E-state index in [1.54, 1.807) is 7.11 Å². The van der Waals surface area contributed by atoms with Crippen LogP contribution in [0.25, 0.3) is 22.0 Å². The number of fused-ring (bicyclic) bond motifs is 5. The molecule has 0 spiro atoms. The van der Waals surface area contributed by atoms with Gasteiger partial charge >= 0.3 is 0 Å². The second kappa shape index (κ2) is 4.30. The van der Waals surface area contributed by atoms with Gasteiger partial charge in [-0.2, -0.15) is 0 Å². The summed E-state index contributed by atoms with van der Waals surface area (Å²) in [5.41, 5.74) is 5.73. The third kappa shape index (κ3) is 1.55. The van der Waals surface area contributed by atoms with Gasteiger partial charge in [-0.3, -0.25) is 0 Å². The zero-order valence-electron chi connectivity index (χ0n) is 11.9. The molecule has 0 saturated carbocycles. The first-order chi connectivity index (χ1) is 10.2. The van der Waals surface area contributed by atoms with E-state index in [9.17, 15) is 5.11 Å². The second-order valence-corrected chi connectivity index (χ2v) is 5.33. The van der Waals surface area contributed by atoms with Crippen molar-refractivity contribution in [1.82, 2.24) is 4.98 Å². The molecule has 1 aliphatic rings. The van der Waals surface area contributed by atoms with Crippen LogP contribution in [-0.4, -0.2) is 17.2 Å². The van der Waals surface area contributed by atoms with Gasteiger partial charge in [-0.1, -0.05) is 36.4 Å². The molecule has 21 heavy (non-hydrogen) atoms. The van der Waals surface area contributed by atoms with E-state index in [1.165, 1.54) is 0 Å². The van der Waals surface area contributed by atoms with Gasteiger partial charge in [-0.25, -0.2) is 4.98 Å². The van der Waals surface area contributed by atoms with Crippen molar-refractivity contribution in [3.05, 3.63) is 59.3 Å². The maximum atomic E-state index is 10.6. The molecule has 3 nitrogen and oxygen atoms in total. The van der Waals surface area contributed by atoms with Crippen LogP contribution in [0.5, 0.6) is 5.75 Å². The van der Waals surface area contributed by atoms with E-state index in [-0.39, 0.29) is 0 Å². The monoisotopic (exact) mass is 277 g/mol. The van der Waals surface area contributed by atoms with Gasteiger partial charge in [0.05, 0.1) is 7.11 Å². The lowest BCUT2D eigenvalue weighted by molar-refractivity contribution is 0.224. The Morgan fingerprint density at radius 1 is 1.10 bits per heavy atom. The van der Waals surface area contributed by atoms with Crippen molar-refractivity contribution in [2.75, 3.05) is 7.11 Å². The summed E-state index contributed by atoms with van der Waals surface area (Å²) in [6.45, 7) is 1.94. The molecule has 104 valence electrons. The van der Waals surface area contributed by atoms with Crippen molar-refractivity contribution >= 4 is 10.9 Å². The number of methoxy groups -OCH3 is 1. The molecule has 0 saturated heterocycles. The highest BCUT2D eigenvalue weighted by Gasteiger charge is 2.31. The van der Waals surface area contributed by atoms with Crippen LogP contribution in [-0.2, 0) is 0 Å². The molecule has 1 unspecified atom stereocenters. The third-order valence-corrected chi connectivity index (χ3v) is 4.23. The zero-order valence-corrected chi connectivity index (χ0v) is 11.9.